The first-order valence-corrected chi connectivity index (χ1v) is 9.11. The largest absolute Gasteiger partial charge is 0.352 e. The van der Waals surface area contributed by atoms with Gasteiger partial charge in [0.1, 0.15) is 11.6 Å². The van der Waals surface area contributed by atoms with E-state index in [-0.39, 0.29) is 23.6 Å². The van der Waals surface area contributed by atoms with Gasteiger partial charge in [0.25, 0.3) is 0 Å². The molecule has 3 nitrogen and oxygen atoms in total. The lowest BCUT2D eigenvalue weighted by atomic mass is 9.84. The molecule has 0 spiro atoms. The van der Waals surface area contributed by atoms with Crippen LogP contribution in [0.3, 0.4) is 0 Å². The smallest absolute Gasteiger partial charge is 0.238 e. The molecule has 1 aliphatic rings. The number of carbonyl (C=O) groups excluding carboxylic acids is 1. The molecule has 0 aromatic heterocycles. The van der Waals surface area contributed by atoms with Crippen LogP contribution in [-0.4, -0.2) is 18.0 Å². The van der Waals surface area contributed by atoms with Gasteiger partial charge in [-0.1, -0.05) is 43.5 Å². The minimum Gasteiger partial charge on any atom is -0.352 e. The second-order valence-electron chi connectivity index (χ2n) is 6.95. The molecular weight excluding hydrogens is 334 g/mol. The predicted molar refractivity (Wildman–Crippen MR) is 97.6 cm³/mol. The molecule has 1 atom stereocenters. The van der Waals surface area contributed by atoms with Crippen LogP contribution in [0.4, 0.5) is 8.78 Å². The first-order valence-electron chi connectivity index (χ1n) is 9.11. The Morgan fingerprint density at radius 2 is 1.35 bits per heavy atom. The summed E-state index contributed by atoms with van der Waals surface area (Å²) < 4.78 is 26.6. The Morgan fingerprint density at radius 1 is 0.885 bits per heavy atom. The number of nitrogens with two attached hydrogens (primary N) is 1. The van der Waals surface area contributed by atoms with E-state index in [1.54, 1.807) is 24.3 Å². The van der Waals surface area contributed by atoms with Crippen molar-refractivity contribution in [2.45, 2.75) is 50.1 Å². The second kappa shape index (κ2) is 8.41. The van der Waals surface area contributed by atoms with Crippen molar-refractivity contribution in [1.29, 1.82) is 0 Å². The van der Waals surface area contributed by atoms with Crippen molar-refractivity contribution in [3.05, 3.63) is 71.3 Å². The van der Waals surface area contributed by atoms with Crippen LogP contribution in [0.2, 0.25) is 0 Å². The Morgan fingerprint density at radius 3 is 1.81 bits per heavy atom. The van der Waals surface area contributed by atoms with Gasteiger partial charge in [-0.2, -0.15) is 0 Å². The van der Waals surface area contributed by atoms with Gasteiger partial charge in [-0.25, -0.2) is 8.78 Å². The molecule has 3 rings (SSSR count). The zero-order chi connectivity index (χ0) is 18.5. The predicted octanol–water partition coefficient (Wildman–Crippen LogP) is 3.87. The number of benzene rings is 2. The number of nitrogens with one attached hydrogen (secondary N) is 1. The van der Waals surface area contributed by atoms with Gasteiger partial charge in [0.15, 0.2) is 0 Å². The Bertz CT molecular complexity index is 679. The molecule has 1 amide bonds. The third kappa shape index (κ3) is 4.47. The zero-order valence-electron chi connectivity index (χ0n) is 14.6. The van der Waals surface area contributed by atoms with Crippen molar-refractivity contribution in [3.63, 3.8) is 0 Å². The number of rotatable bonds is 5. The summed E-state index contributed by atoms with van der Waals surface area (Å²) in [5.41, 5.74) is 7.77. The minimum absolute atomic E-state index is 0.157. The van der Waals surface area contributed by atoms with Crippen LogP contribution in [0.5, 0.6) is 0 Å². The molecule has 1 aliphatic carbocycles. The summed E-state index contributed by atoms with van der Waals surface area (Å²) in [7, 11) is 0. The number of amides is 1. The fourth-order valence-corrected chi connectivity index (χ4v) is 3.64. The topological polar surface area (TPSA) is 55.1 Å². The van der Waals surface area contributed by atoms with Crippen LogP contribution in [-0.2, 0) is 4.79 Å². The summed E-state index contributed by atoms with van der Waals surface area (Å²) in [6.45, 7) is 0. The summed E-state index contributed by atoms with van der Waals surface area (Å²) in [5.74, 6) is -1.41. The SMILES string of the molecule is NC(C(=O)NC1CCCCC1)C(c1ccc(F)cc1)c1ccc(F)cc1. The van der Waals surface area contributed by atoms with Crippen molar-refractivity contribution >= 4 is 5.91 Å². The van der Waals surface area contributed by atoms with E-state index >= 15 is 0 Å². The van der Waals surface area contributed by atoms with E-state index in [4.69, 9.17) is 5.73 Å². The zero-order valence-corrected chi connectivity index (χ0v) is 14.6. The molecule has 1 saturated carbocycles. The first kappa shape index (κ1) is 18.5. The average molecular weight is 358 g/mol. The third-order valence-corrected chi connectivity index (χ3v) is 5.07. The molecule has 0 aliphatic heterocycles. The van der Waals surface area contributed by atoms with Crippen molar-refractivity contribution in [3.8, 4) is 0 Å². The molecule has 0 saturated heterocycles. The molecule has 3 N–H and O–H groups in total. The maximum atomic E-state index is 13.3. The molecule has 1 fully saturated rings. The molecule has 0 radical (unpaired) electrons. The summed E-state index contributed by atoms with van der Waals surface area (Å²) >= 11 is 0. The van der Waals surface area contributed by atoms with Crippen molar-refractivity contribution in [2.24, 2.45) is 5.73 Å². The van der Waals surface area contributed by atoms with Crippen molar-refractivity contribution < 1.29 is 13.6 Å². The fourth-order valence-electron chi connectivity index (χ4n) is 3.64. The summed E-state index contributed by atoms with van der Waals surface area (Å²) in [6.07, 6.45) is 5.36. The number of halogens is 2. The minimum atomic E-state index is -0.840. The maximum Gasteiger partial charge on any atom is 0.238 e. The monoisotopic (exact) mass is 358 g/mol. The second-order valence-corrected chi connectivity index (χ2v) is 6.95. The molecule has 0 bridgehead atoms. The van der Waals surface area contributed by atoms with Gasteiger partial charge in [0.2, 0.25) is 5.91 Å². The maximum absolute atomic E-state index is 13.3. The quantitative estimate of drug-likeness (QED) is 0.852. The molecule has 1 unspecified atom stereocenters. The van der Waals surface area contributed by atoms with Gasteiger partial charge in [0.05, 0.1) is 6.04 Å². The number of hydrogen-bond donors (Lipinski definition) is 2. The van der Waals surface area contributed by atoms with Gasteiger partial charge >= 0.3 is 0 Å². The van der Waals surface area contributed by atoms with Crippen LogP contribution in [0, 0.1) is 11.6 Å². The summed E-state index contributed by atoms with van der Waals surface area (Å²) in [5, 5.41) is 3.05. The first-order chi connectivity index (χ1) is 12.5. The number of carbonyl (C=O) groups is 1. The molecule has 0 heterocycles. The highest BCUT2D eigenvalue weighted by molar-refractivity contribution is 5.83. The number of hydrogen-bond acceptors (Lipinski definition) is 2. The van der Waals surface area contributed by atoms with Crippen LogP contribution >= 0.6 is 0 Å². The lowest BCUT2D eigenvalue weighted by Crippen LogP contribution is -2.48. The van der Waals surface area contributed by atoms with Crippen LogP contribution in [0.1, 0.15) is 49.1 Å². The Hall–Kier alpha value is -2.27. The lowest BCUT2D eigenvalue weighted by Gasteiger charge is -2.28. The van der Waals surface area contributed by atoms with E-state index in [9.17, 15) is 13.6 Å². The van der Waals surface area contributed by atoms with Crippen molar-refractivity contribution in [2.75, 3.05) is 0 Å². The highest BCUT2D eigenvalue weighted by atomic mass is 19.1. The average Bonchev–Trinajstić information content (AvgIpc) is 2.65. The van der Waals surface area contributed by atoms with E-state index in [1.165, 1.54) is 30.7 Å². The highest BCUT2D eigenvalue weighted by Gasteiger charge is 2.29. The van der Waals surface area contributed by atoms with Gasteiger partial charge in [-0.05, 0) is 48.2 Å². The van der Waals surface area contributed by atoms with E-state index < -0.39 is 12.0 Å². The molecule has 5 heteroatoms. The highest BCUT2D eigenvalue weighted by Crippen LogP contribution is 2.28. The molecule has 2 aromatic carbocycles. The third-order valence-electron chi connectivity index (χ3n) is 5.07. The van der Waals surface area contributed by atoms with E-state index in [0.29, 0.717) is 0 Å². The van der Waals surface area contributed by atoms with Crippen molar-refractivity contribution in [1.82, 2.24) is 5.32 Å². The Kier molecular flexibility index (Phi) is 5.99. The molecule has 138 valence electrons. The molecule has 26 heavy (non-hydrogen) atoms. The van der Waals surface area contributed by atoms with Crippen LogP contribution in [0.15, 0.2) is 48.5 Å². The van der Waals surface area contributed by atoms with E-state index in [2.05, 4.69) is 5.32 Å². The Balaban J connectivity index is 1.85. The van der Waals surface area contributed by atoms with Gasteiger partial charge < -0.3 is 11.1 Å². The Labute approximate surface area is 152 Å². The van der Waals surface area contributed by atoms with Crippen LogP contribution in [0.25, 0.3) is 0 Å². The fraction of sp³-hybridized carbons (Fsp3) is 0.381. The molecule has 2 aromatic rings. The lowest BCUT2D eigenvalue weighted by molar-refractivity contribution is -0.123. The van der Waals surface area contributed by atoms with Gasteiger partial charge in [0, 0.05) is 12.0 Å². The summed E-state index contributed by atoms with van der Waals surface area (Å²) in [4.78, 5) is 12.7. The van der Waals surface area contributed by atoms with E-state index in [0.717, 1.165) is 36.8 Å². The summed E-state index contributed by atoms with van der Waals surface area (Å²) in [6, 6.07) is 11.2. The van der Waals surface area contributed by atoms with Crippen LogP contribution < -0.4 is 11.1 Å². The van der Waals surface area contributed by atoms with E-state index in [1.807, 2.05) is 0 Å². The van der Waals surface area contributed by atoms with Gasteiger partial charge in [-0.15, -0.1) is 0 Å². The normalized spacial score (nSPS) is 16.5. The standard InChI is InChI=1S/C21H24F2N2O/c22-16-10-6-14(7-11-16)19(15-8-12-17(23)13-9-15)20(24)21(26)25-18-4-2-1-3-5-18/h6-13,18-20H,1-5,24H2,(H,25,26). The van der Waals surface area contributed by atoms with Gasteiger partial charge in [-0.3, -0.25) is 4.79 Å². The molecular formula is C21H24F2N2O.